The van der Waals surface area contributed by atoms with Gasteiger partial charge in [0.1, 0.15) is 0 Å². The predicted molar refractivity (Wildman–Crippen MR) is 81.0 cm³/mol. The third kappa shape index (κ3) is 3.86. The first-order chi connectivity index (χ1) is 9.20. The van der Waals surface area contributed by atoms with Crippen molar-refractivity contribution < 1.29 is 4.79 Å². The lowest BCUT2D eigenvalue weighted by atomic mass is 10.2. The minimum Gasteiger partial charge on any atom is -0.385 e. The smallest absolute Gasteiger partial charge is 0.254 e. The Kier molecular flexibility index (Phi) is 5.07. The van der Waals surface area contributed by atoms with Crippen LogP contribution in [0, 0.1) is 6.92 Å². The van der Waals surface area contributed by atoms with E-state index in [0.717, 1.165) is 24.5 Å². The molecule has 1 amide bonds. The van der Waals surface area contributed by atoms with Crippen molar-refractivity contribution in [2.45, 2.75) is 31.9 Å². The number of nitrogens with one attached hydrogen (secondary N) is 2. The Morgan fingerprint density at radius 2 is 2.42 bits per heavy atom. The van der Waals surface area contributed by atoms with Crippen molar-refractivity contribution in [2.24, 2.45) is 0 Å². The van der Waals surface area contributed by atoms with Gasteiger partial charge in [0.15, 0.2) is 0 Å². The van der Waals surface area contributed by atoms with E-state index in [4.69, 9.17) is 0 Å². The molecule has 2 heterocycles. The molecule has 1 unspecified atom stereocenters. The number of rotatable bonds is 5. The SMILES string of the molecule is CCNc1cc(C)ncc1C(=O)NCC1CCCS1. The fourth-order valence-corrected chi connectivity index (χ4v) is 3.39. The first-order valence-electron chi connectivity index (χ1n) is 6.81. The predicted octanol–water partition coefficient (Wildman–Crippen LogP) is 2.45. The highest BCUT2D eigenvalue weighted by molar-refractivity contribution is 8.00. The number of carbonyl (C=O) groups is 1. The Balaban J connectivity index is 2.00. The third-order valence-electron chi connectivity index (χ3n) is 3.17. The molecule has 1 aromatic heterocycles. The molecule has 1 aromatic rings. The first-order valence-corrected chi connectivity index (χ1v) is 7.86. The molecule has 1 saturated heterocycles. The highest BCUT2D eigenvalue weighted by atomic mass is 32.2. The van der Waals surface area contributed by atoms with Crippen molar-refractivity contribution in [3.8, 4) is 0 Å². The fraction of sp³-hybridized carbons (Fsp3) is 0.571. The van der Waals surface area contributed by atoms with Gasteiger partial charge in [-0.3, -0.25) is 9.78 Å². The molecule has 0 spiro atoms. The minimum atomic E-state index is -0.0315. The number of thioether (sulfide) groups is 1. The van der Waals surface area contributed by atoms with Gasteiger partial charge in [-0.1, -0.05) is 0 Å². The Labute approximate surface area is 118 Å². The molecular weight excluding hydrogens is 258 g/mol. The number of aromatic nitrogens is 1. The summed E-state index contributed by atoms with van der Waals surface area (Å²) in [4.78, 5) is 16.4. The second-order valence-corrected chi connectivity index (χ2v) is 6.15. The van der Waals surface area contributed by atoms with Gasteiger partial charge >= 0.3 is 0 Å². The minimum absolute atomic E-state index is 0.0315. The topological polar surface area (TPSA) is 54.0 Å². The molecule has 1 aliphatic heterocycles. The van der Waals surface area contributed by atoms with Crippen LogP contribution in [0.1, 0.15) is 35.8 Å². The van der Waals surface area contributed by atoms with Crippen molar-refractivity contribution in [2.75, 3.05) is 24.2 Å². The highest BCUT2D eigenvalue weighted by Gasteiger charge is 2.18. The number of pyridine rings is 1. The van der Waals surface area contributed by atoms with E-state index < -0.39 is 0 Å². The zero-order chi connectivity index (χ0) is 13.7. The van der Waals surface area contributed by atoms with Crippen LogP contribution in [0.2, 0.25) is 0 Å². The number of carbonyl (C=O) groups excluding carboxylic acids is 1. The van der Waals surface area contributed by atoms with Gasteiger partial charge in [0.2, 0.25) is 0 Å². The number of hydrogen-bond acceptors (Lipinski definition) is 4. The van der Waals surface area contributed by atoms with Crippen LogP contribution in [-0.2, 0) is 0 Å². The second-order valence-electron chi connectivity index (χ2n) is 4.75. The summed E-state index contributed by atoms with van der Waals surface area (Å²) >= 11 is 1.95. The Bertz CT molecular complexity index is 444. The first kappa shape index (κ1) is 14.2. The molecule has 0 radical (unpaired) electrons. The standard InChI is InChI=1S/C14H21N3OS/c1-3-15-13-7-10(2)16-9-12(13)14(18)17-8-11-5-4-6-19-11/h7,9,11H,3-6,8H2,1-2H3,(H,15,16)(H,17,18). The number of anilines is 1. The van der Waals surface area contributed by atoms with E-state index in [-0.39, 0.29) is 5.91 Å². The van der Waals surface area contributed by atoms with E-state index in [1.54, 1.807) is 6.20 Å². The molecule has 0 saturated carbocycles. The lowest BCUT2D eigenvalue weighted by molar-refractivity contribution is 0.0954. The largest absolute Gasteiger partial charge is 0.385 e. The Morgan fingerprint density at radius 3 is 3.11 bits per heavy atom. The van der Waals surface area contributed by atoms with Gasteiger partial charge in [-0.25, -0.2) is 0 Å². The van der Waals surface area contributed by atoms with E-state index in [9.17, 15) is 4.79 Å². The summed E-state index contributed by atoms with van der Waals surface area (Å²) in [6.07, 6.45) is 4.13. The molecule has 1 atom stereocenters. The van der Waals surface area contributed by atoms with Crippen molar-refractivity contribution in [3.05, 3.63) is 23.5 Å². The molecule has 104 valence electrons. The molecule has 4 nitrogen and oxygen atoms in total. The van der Waals surface area contributed by atoms with Crippen molar-refractivity contribution in [1.82, 2.24) is 10.3 Å². The van der Waals surface area contributed by atoms with Gasteiger partial charge in [-0.05, 0) is 38.5 Å². The quantitative estimate of drug-likeness (QED) is 0.869. The maximum absolute atomic E-state index is 12.2. The van der Waals surface area contributed by atoms with Crippen LogP contribution in [0.15, 0.2) is 12.3 Å². The number of aryl methyl sites for hydroxylation is 1. The van der Waals surface area contributed by atoms with Crippen LogP contribution in [0.25, 0.3) is 0 Å². The van der Waals surface area contributed by atoms with E-state index >= 15 is 0 Å². The normalized spacial score (nSPS) is 18.3. The number of amides is 1. The molecule has 2 N–H and O–H groups in total. The van der Waals surface area contributed by atoms with Gasteiger partial charge in [0.25, 0.3) is 5.91 Å². The Morgan fingerprint density at radius 1 is 1.58 bits per heavy atom. The summed E-state index contributed by atoms with van der Waals surface area (Å²) < 4.78 is 0. The van der Waals surface area contributed by atoms with Crippen LogP contribution in [0.3, 0.4) is 0 Å². The average Bonchev–Trinajstić information content (AvgIpc) is 2.90. The molecule has 1 fully saturated rings. The molecule has 5 heteroatoms. The summed E-state index contributed by atoms with van der Waals surface area (Å²) in [6, 6.07) is 1.92. The zero-order valence-electron chi connectivity index (χ0n) is 11.5. The maximum atomic E-state index is 12.2. The van der Waals surface area contributed by atoms with Gasteiger partial charge < -0.3 is 10.6 Å². The monoisotopic (exact) mass is 279 g/mol. The van der Waals surface area contributed by atoms with E-state index in [1.807, 2.05) is 31.7 Å². The van der Waals surface area contributed by atoms with Gasteiger partial charge in [0.05, 0.1) is 11.3 Å². The van der Waals surface area contributed by atoms with Crippen molar-refractivity contribution in [1.29, 1.82) is 0 Å². The van der Waals surface area contributed by atoms with Crippen LogP contribution in [-0.4, -0.2) is 35.0 Å². The second kappa shape index (κ2) is 6.80. The summed E-state index contributed by atoms with van der Waals surface area (Å²) in [5, 5.41) is 6.81. The van der Waals surface area contributed by atoms with E-state index in [2.05, 4.69) is 15.6 Å². The highest BCUT2D eigenvalue weighted by Crippen LogP contribution is 2.25. The van der Waals surface area contributed by atoms with Crippen molar-refractivity contribution >= 4 is 23.4 Å². The van der Waals surface area contributed by atoms with Crippen LogP contribution < -0.4 is 10.6 Å². The summed E-state index contributed by atoms with van der Waals surface area (Å²) in [7, 11) is 0. The molecule has 1 aliphatic rings. The van der Waals surface area contributed by atoms with Gasteiger partial charge in [-0.15, -0.1) is 0 Å². The fourth-order valence-electron chi connectivity index (χ4n) is 2.18. The summed E-state index contributed by atoms with van der Waals surface area (Å²) in [5.74, 6) is 1.19. The van der Waals surface area contributed by atoms with Gasteiger partial charge in [0, 0.05) is 30.2 Å². The molecule has 0 aromatic carbocycles. The summed E-state index contributed by atoms with van der Waals surface area (Å²) in [6.45, 7) is 5.50. The van der Waals surface area contributed by atoms with Crippen LogP contribution in [0.5, 0.6) is 0 Å². The average molecular weight is 279 g/mol. The summed E-state index contributed by atoms with van der Waals surface area (Å²) in [5.41, 5.74) is 2.42. The van der Waals surface area contributed by atoms with Crippen molar-refractivity contribution in [3.63, 3.8) is 0 Å². The zero-order valence-corrected chi connectivity index (χ0v) is 12.3. The molecule has 19 heavy (non-hydrogen) atoms. The lowest BCUT2D eigenvalue weighted by Crippen LogP contribution is -2.30. The molecule has 0 bridgehead atoms. The third-order valence-corrected chi connectivity index (χ3v) is 4.56. The maximum Gasteiger partial charge on any atom is 0.254 e. The number of nitrogens with zero attached hydrogens (tertiary/aromatic N) is 1. The lowest BCUT2D eigenvalue weighted by Gasteiger charge is -2.13. The molecule has 2 rings (SSSR count). The molecule has 0 aliphatic carbocycles. The van der Waals surface area contributed by atoms with Gasteiger partial charge in [-0.2, -0.15) is 11.8 Å². The number of hydrogen-bond donors (Lipinski definition) is 2. The van der Waals surface area contributed by atoms with E-state index in [1.165, 1.54) is 18.6 Å². The van der Waals surface area contributed by atoms with Crippen LogP contribution in [0.4, 0.5) is 5.69 Å². The molecular formula is C14H21N3OS. The Hall–Kier alpha value is -1.23. The van der Waals surface area contributed by atoms with Crippen LogP contribution >= 0.6 is 11.8 Å². The van der Waals surface area contributed by atoms with E-state index in [0.29, 0.717) is 10.8 Å².